The van der Waals surface area contributed by atoms with Gasteiger partial charge in [0.25, 0.3) is 11.8 Å². The molecule has 0 bridgehead atoms. The predicted octanol–water partition coefficient (Wildman–Crippen LogP) is 3.38. The first-order valence-corrected chi connectivity index (χ1v) is 22.5. The Morgan fingerprint density at radius 1 is 0.969 bits per heavy atom. The van der Waals surface area contributed by atoms with Crippen LogP contribution in [0.1, 0.15) is 34.5 Å². The minimum Gasteiger partial charge on any atom is -1.00 e. The van der Waals surface area contributed by atoms with Gasteiger partial charge in [0.2, 0.25) is 16.7 Å². The fourth-order valence-corrected chi connectivity index (χ4v) is 9.76. The molecule has 4 aromatic carbocycles. The molecule has 3 atom stereocenters. The van der Waals surface area contributed by atoms with Crippen molar-refractivity contribution in [3.63, 3.8) is 0 Å². The van der Waals surface area contributed by atoms with Gasteiger partial charge in [-0.15, -0.1) is 11.8 Å². The average Bonchev–Trinajstić information content (AvgIpc) is 3.95. The van der Waals surface area contributed by atoms with Gasteiger partial charge in [-0.2, -0.15) is 18.8 Å². The molecule has 14 nitrogen and oxygen atoms in total. The number of carbonyl (C=O) groups is 3. The molecule has 2 N–H and O–H groups in total. The summed E-state index contributed by atoms with van der Waals surface area (Å²) in [4.78, 5) is 59.6. The molecule has 0 saturated carbocycles. The SMILES string of the molecule is COc1ccc(COC(=O)C2=C(/C=C/C3CC[N+](C)(C)O3)CS[C@@H]3[C@H](NC(=O)/C(=N\OCCF)c4nsc(NC(c5ccccc5)(c5ccccc5)c5ccccc5)n4)C(=O)N23)cc1.[I-]. The number of fused-ring (bicyclic) bond motifs is 1. The third kappa shape index (κ3) is 10.4. The summed E-state index contributed by atoms with van der Waals surface area (Å²) in [6, 6.07) is 35.8. The zero-order chi connectivity index (χ0) is 44.7. The third-order valence-electron chi connectivity index (χ3n) is 11.0. The van der Waals surface area contributed by atoms with E-state index in [1.165, 1.54) is 16.7 Å². The number of esters is 1. The number of nitrogens with zero attached hydrogens (tertiary/aromatic N) is 5. The lowest BCUT2D eigenvalue weighted by atomic mass is 9.77. The van der Waals surface area contributed by atoms with Crippen molar-refractivity contribution in [2.24, 2.45) is 5.16 Å². The van der Waals surface area contributed by atoms with E-state index in [0.717, 1.165) is 46.8 Å². The second-order valence-corrected chi connectivity index (χ2v) is 17.5. The van der Waals surface area contributed by atoms with Crippen molar-refractivity contribution in [3.8, 4) is 5.75 Å². The summed E-state index contributed by atoms with van der Waals surface area (Å²) >= 11 is 2.39. The maximum absolute atomic E-state index is 14.2. The summed E-state index contributed by atoms with van der Waals surface area (Å²) in [6.07, 6.45) is 4.33. The Kier molecular flexibility index (Phi) is 15.4. The number of β-lactam (4-membered cyclic amide) rings is 1. The molecule has 0 radical (unpaired) electrons. The molecule has 0 aliphatic carbocycles. The number of oxime groups is 1. The Hall–Kier alpha value is -5.67. The van der Waals surface area contributed by atoms with Crippen molar-refractivity contribution in [2.75, 3.05) is 52.1 Å². The van der Waals surface area contributed by atoms with E-state index in [9.17, 15) is 18.8 Å². The fourth-order valence-electron chi connectivity index (χ4n) is 7.81. The number of methoxy groups -OCH3 is 1. The van der Waals surface area contributed by atoms with Gasteiger partial charge in [0.05, 0.1) is 21.2 Å². The van der Waals surface area contributed by atoms with Crippen molar-refractivity contribution in [1.29, 1.82) is 0 Å². The molecular formula is C47H47FIN7O7S2. The van der Waals surface area contributed by atoms with Crippen molar-refractivity contribution in [2.45, 2.75) is 36.1 Å². The first-order chi connectivity index (χ1) is 31.1. The number of hydrogen-bond donors (Lipinski definition) is 2. The molecule has 8 rings (SSSR count). The number of rotatable bonds is 17. The molecule has 2 saturated heterocycles. The number of quaternary nitrogens is 1. The van der Waals surface area contributed by atoms with Gasteiger partial charge in [-0.25, -0.2) is 9.18 Å². The minimum atomic E-state index is -1.06. The number of aromatic nitrogens is 2. The molecule has 3 aliphatic heterocycles. The van der Waals surface area contributed by atoms with Crippen molar-refractivity contribution in [1.82, 2.24) is 19.6 Å². The van der Waals surface area contributed by atoms with Crippen LogP contribution in [0.5, 0.6) is 5.75 Å². The number of allylic oxidation sites excluding steroid dienone is 1. The molecule has 3 aliphatic rings. The van der Waals surface area contributed by atoms with Crippen LogP contribution >= 0.6 is 23.3 Å². The van der Waals surface area contributed by atoms with E-state index >= 15 is 0 Å². The number of amides is 2. The monoisotopic (exact) mass is 1030 g/mol. The Labute approximate surface area is 401 Å². The lowest BCUT2D eigenvalue weighted by molar-refractivity contribution is -1.06. The van der Waals surface area contributed by atoms with E-state index in [2.05, 4.69) is 20.2 Å². The average molecular weight is 1030 g/mol. The van der Waals surface area contributed by atoms with E-state index in [1.807, 2.05) is 117 Å². The summed E-state index contributed by atoms with van der Waals surface area (Å²) < 4.78 is 29.2. The molecule has 338 valence electrons. The van der Waals surface area contributed by atoms with Gasteiger partial charge in [-0.05, 0) is 46.0 Å². The van der Waals surface area contributed by atoms with Crippen LogP contribution in [0.4, 0.5) is 9.52 Å². The van der Waals surface area contributed by atoms with Gasteiger partial charge in [-0.1, -0.05) is 114 Å². The van der Waals surface area contributed by atoms with Crippen LogP contribution in [-0.4, -0.2) is 107 Å². The minimum absolute atomic E-state index is 0. The van der Waals surface area contributed by atoms with Crippen LogP contribution in [0.2, 0.25) is 0 Å². The van der Waals surface area contributed by atoms with Crippen molar-refractivity contribution in [3.05, 3.63) is 167 Å². The van der Waals surface area contributed by atoms with E-state index in [-0.39, 0.29) is 53.9 Å². The van der Waals surface area contributed by atoms with Gasteiger partial charge in [-0.3, -0.25) is 14.5 Å². The maximum Gasteiger partial charge on any atom is 0.355 e. The van der Waals surface area contributed by atoms with Crippen LogP contribution in [0, 0.1) is 0 Å². The molecule has 0 spiro atoms. The molecule has 5 aromatic rings. The molecule has 4 heterocycles. The molecule has 1 unspecified atom stereocenters. The van der Waals surface area contributed by atoms with Gasteiger partial charge in [0, 0.05) is 23.7 Å². The molecule has 1 aromatic heterocycles. The zero-order valence-electron chi connectivity index (χ0n) is 35.8. The molecule has 2 amide bonds. The van der Waals surface area contributed by atoms with Gasteiger partial charge in [0.1, 0.15) is 60.9 Å². The van der Waals surface area contributed by atoms with Gasteiger partial charge < -0.3 is 48.9 Å². The maximum atomic E-state index is 14.2. The lowest BCUT2D eigenvalue weighted by Crippen LogP contribution is -3.00. The summed E-state index contributed by atoms with van der Waals surface area (Å²) in [5.41, 5.74) is 2.88. The van der Waals surface area contributed by atoms with Crippen LogP contribution in [0.25, 0.3) is 0 Å². The number of benzene rings is 4. The standard InChI is InChI=1S/C47H46FN7O7S2.HI/c1-55(2)27-25-37(62-55)24-21-32-30-63-44-39(43(57)54(44)40(32)45(58)60-29-31-19-22-36(59-3)23-20-31)49-42(56)38(52-61-28-26-48)41-50-46(64-53-41)51-47(33-13-7-4-8-14-33,34-15-9-5-10-16-34)35-17-11-6-12-18-35;/h4-24,37,39,44H,25-30H2,1-3H3,(H-,49,50,51,53,56);1H/b24-21+,52-38-;/t37?,39-,44-;/m1./s1. The number of hydrogen-bond acceptors (Lipinski definition) is 13. The van der Waals surface area contributed by atoms with E-state index in [4.69, 9.17) is 24.1 Å². The number of hydroxylamine groups is 3. The zero-order valence-corrected chi connectivity index (χ0v) is 39.6. The summed E-state index contributed by atoms with van der Waals surface area (Å²) in [7, 11) is 5.51. The highest BCUT2D eigenvalue weighted by Gasteiger charge is 2.55. The highest BCUT2D eigenvalue weighted by molar-refractivity contribution is 8.00. The van der Waals surface area contributed by atoms with Crippen LogP contribution in [-0.2, 0) is 40.9 Å². The summed E-state index contributed by atoms with van der Waals surface area (Å²) in [6.45, 7) is -0.504. The first kappa shape index (κ1) is 47.3. The number of thioether (sulfide) groups is 1. The van der Waals surface area contributed by atoms with Crippen molar-refractivity contribution < 1.29 is 66.5 Å². The highest BCUT2D eigenvalue weighted by atomic mass is 127. The Morgan fingerprint density at radius 2 is 1.60 bits per heavy atom. The molecule has 18 heteroatoms. The number of nitrogens with one attached hydrogen (secondary N) is 2. The van der Waals surface area contributed by atoms with E-state index < -0.39 is 48.0 Å². The smallest absolute Gasteiger partial charge is 0.355 e. The van der Waals surface area contributed by atoms with Crippen LogP contribution in [0.3, 0.4) is 0 Å². The van der Waals surface area contributed by atoms with Gasteiger partial charge in [0.15, 0.2) is 0 Å². The largest absolute Gasteiger partial charge is 1.00 e. The van der Waals surface area contributed by atoms with Crippen LogP contribution < -0.4 is 39.3 Å². The number of alkyl halides is 1. The number of ether oxygens (including phenoxy) is 2. The first-order valence-electron chi connectivity index (χ1n) is 20.6. The lowest BCUT2D eigenvalue weighted by Gasteiger charge is -2.49. The molecular weight excluding hydrogens is 985 g/mol. The second kappa shape index (κ2) is 21.1. The quantitative estimate of drug-likeness (QED) is 0.0206. The normalized spacial score (nSPS) is 19.2. The number of carbonyl (C=O) groups excluding carboxylic acids is 3. The predicted molar refractivity (Wildman–Crippen MR) is 242 cm³/mol. The number of halogens is 2. The van der Waals surface area contributed by atoms with Gasteiger partial charge >= 0.3 is 5.97 Å². The van der Waals surface area contributed by atoms with E-state index in [0.29, 0.717) is 26.9 Å². The topological polar surface area (TPSA) is 154 Å². The number of anilines is 1. The third-order valence-corrected chi connectivity index (χ3v) is 12.9. The van der Waals surface area contributed by atoms with Crippen LogP contribution in [0.15, 0.2) is 144 Å². The molecule has 65 heavy (non-hydrogen) atoms. The van der Waals surface area contributed by atoms with E-state index in [1.54, 1.807) is 31.4 Å². The summed E-state index contributed by atoms with van der Waals surface area (Å²) in [5, 5.41) is 10.1. The Balaban J connectivity index is 0.00000630. The second-order valence-electron chi connectivity index (χ2n) is 15.6. The highest BCUT2D eigenvalue weighted by Crippen LogP contribution is 2.42. The fraction of sp³-hybridized carbons (Fsp3) is 0.277. The molecule has 2 fully saturated rings. The Morgan fingerprint density at radius 3 is 2.17 bits per heavy atom. The van der Waals surface area contributed by atoms with Crippen molar-refractivity contribution >= 4 is 51.9 Å². The summed E-state index contributed by atoms with van der Waals surface area (Å²) in [5.74, 6) is -1.14. The Bertz CT molecular complexity index is 2450.